The number of methoxy groups -OCH3 is 1. The van der Waals surface area contributed by atoms with E-state index in [0.29, 0.717) is 27.4 Å². The molecular weight excluding hydrogens is 342 g/mol. The number of anilines is 1. The van der Waals surface area contributed by atoms with Crippen LogP contribution in [0.5, 0.6) is 5.75 Å². The van der Waals surface area contributed by atoms with Gasteiger partial charge in [-0.15, -0.1) is 0 Å². The fourth-order valence-electron chi connectivity index (χ4n) is 2.49. The van der Waals surface area contributed by atoms with E-state index in [1.165, 1.54) is 18.0 Å². The van der Waals surface area contributed by atoms with E-state index >= 15 is 0 Å². The van der Waals surface area contributed by atoms with E-state index in [1.54, 1.807) is 36.4 Å². The van der Waals surface area contributed by atoms with Crippen molar-refractivity contribution in [3.05, 3.63) is 63.7 Å². The minimum absolute atomic E-state index is 0.151. The van der Waals surface area contributed by atoms with Crippen LogP contribution in [0.3, 0.4) is 0 Å². The molecule has 0 aliphatic heterocycles. The molecule has 1 N–H and O–H groups in total. The summed E-state index contributed by atoms with van der Waals surface area (Å²) in [6.07, 6.45) is 1.37. The van der Waals surface area contributed by atoms with Crippen molar-refractivity contribution in [3.8, 4) is 5.75 Å². The first-order valence-corrected chi connectivity index (χ1v) is 7.95. The summed E-state index contributed by atoms with van der Waals surface area (Å²) in [7, 11) is 1.49. The topological polar surface area (TPSA) is 73.2 Å². The summed E-state index contributed by atoms with van der Waals surface area (Å²) in [4.78, 5) is 29.0. The van der Waals surface area contributed by atoms with Gasteiger partial charge in [-0.2, -0.15) is 0 Å². The Morgan fingerprint density at radius 3 is 2.84 bits per heavy atom. The molecule has 0 unspecified atom stereocenters. The lowest BCUT2D eigenvalue weighted by Crippen LogP contribution is -2.28. The largest absolute Gasteiger partial charge is 0.495 e. The van der Waals surface area contributed by atoms with Crippen LogP contribution in [-0.2, 0) is 11.3 Å². The van der Waals surface area contributed by atoms with E-state index in [-0.39, 0.29) is 18.0 Å². The van der Waals surface area contributed by atoms with E-state index in [9.17, 15) is 9.59 Å². The Morgan fingerprint density at radius 1 is 1.32 bits per heavy atom. The standard InChI is InChI=1S/C18H16ClN3O3/c1-11-7-15(16(25-2)8-13(11)19)21-17(23)9-22-10-20-14-6-4-3-5-12(14)18(22)24/h3-8,10H,9H2,1-2H3,(H,21,23). The Hall–Kier alpha value is -2.86. The number of para-hydroxylation sites is 1. The molecule has 7 heteroatoms. The van der Waals surface area contributed by atoms with E-state index < -0.39 is 0 Å². The predicted octanol–water partition coefficient (Wildman–Crippen LogP) is 3.01. The van der Waals surface area contributed by atoms with Crippen molar-refractivity contribution in [2.75, 3.05) is 12.4 Å². The maximum absolute atomic E-state index is 12.4. The number of nitrogens with one attached hydrogen (secondary N) is 1. The molecule has 25 heavy (non-hydrogen) atoms. The van der Waals surface area contributed by atoms with Crippen molar-refractivity contribution < 1.29 is 9.53 Å². The minimum atomic E-state index is -0.362. The number of hydrogen-bond donors (Lipinski definition) is 1. The average molecular weight is 358 g/mol. The van der Waals surface area contributed by atoms with E-state index in [0.717, 1.165) is 5.56 Å². The summed E-state index contributed by atoms with van der Waals surface area (Å²) in [6.45, 7) is 1.68. The number of nitrogens with zero attached hydrogens (tertiary/aromatic N) is 2. The van der Waals surface area contributed by atoms with Crippen molar-refractivity contribution in [1.82, 2.24) is 9.55 Å². The summed E-state index contributed by atoms with van der Waals surface area (Å²) >= 11 is 6.06. The number of fused-ring (bicyclic) bond motifs is 1. The quantitative estimate of drug-likeness (QED) is 0.779. The summed E-state index contributed by atoms with van der Waals surface area (Å²) in [5.41, 5.74) is 1.64. The number of carbonyl (C=O) groups excluding carboxylic acids is 1. The van der Waals surface area contributed by atoms with Crippen molar-refractivity contribution in [1.29, 1.82) is 0 Å². The number of benzene rings is 2. The number of aryl methyl sites for hydroxylation is 1. The molecule has 128 valence electrons. The minimum Gasteiger partial charge on any atom is -0.495 e. The van der Waals surface area contributed by atoms with Gasteiger partial charge in [-0.25, -0.2) is 4.98 Å². The third-order valence-corrected chi connectivity index (χ3v) is 4.21. The molecule has 0 aliphatic rings. The lowest BCUT2D eigenvalue weighted by molar-refractivity contribution is -0.116. The van der Waals surface area contributed by atoms with Crippen LogP contribution >= 0.6 is 11.6 Å². The molecular formula is C18H16ClN3O3. The van der Waals surface area contributed by atoms with Crippen LogP contribution in [0.15, 0.2) is 47.5 Å². The van der Waals surface area contributed by atoms with Crippen molar-refractivity contribution >= 4 is 34.1 Å². The van der Waals surface area contributed by atoms with Crippen LogP contribution in [0.2, 0.25) is 5.02 Å². The Labute approximate surface area is 149 Å². The molecule has 0 atom stereocenters. The molecule has 1 aromatic heterocycles. The van der Waals surface area contributed by atoms with E-state index in [2.05, 4.69) is 10.3 Å². The predicted molar refractivity (Wildman–Crippen MR) is 97.4 cm³/mol. The zero-order chi connectivity index (χ0) is 18.0. The van der Waals surface area contributed by atoms with Gasteiger partial charge in [-0.1, -0.05) is 23.7 Å². The highest BCUT2D eigenvalue weighted by molar-refractivity contribution is 6.31. The molecule has 0 fully saturated rings. The molecule has 3 aromatic rings. The molecule has 0 spiro atoms. The third kappa shape index (κ3) is 3.49. The van der Waals surface area contributed by atoms with Gasteiger partial charge >= 0.3 is 0 Å². The van der Waals surface area contributed by atoms with Crippen LogP contribution in [0.1, 0.15) is 5.56 Å². The molecule has 1 heterocycles. The molecule has 2 aromatic carbocycles. The molecule has 0 aliphatic carbocycles. The van der Waals surface area contributed by atoms with Gasteiger partial charge in [0.05, 0.1) is 30.0 Å². The van der Waals surface area contributed by atoms with Crippen molar-refractivity contribution in [3.63, 3.8) is 0 Å². The van der Waals surface area contributed by atoms with Gasteiger partial charge < -0.3 is 10.1 Å². The molecule has 0 bridgehead atoms. The molecule has 0 radical (unpaired) electrons. The Morgan fingerprint density at radius 2 is 2.08 bits per heavy atom. The number of rotatable bonds is 4. The normalized spacial score (nSPS) is 10.7. The van der Waals surface area contributed by atoms with Crippen LogP contribution in [-0.4, -0.2) is 22.6 Å². The highest BCUT2D eigenvalue weighted by atomic mass is 35.5. The lowest BCUT2D eigenvalue weighted by Gasteiger charge is -2.13. The summed E-state index contributed by atoms with van der Waals surface area (Å²) < 4.78 is 6.50. The molecule has 0 saturated carbocycles. The van der Waals surface area contributed by atoms with E-state index in [4.69, 9.17) is 16.3 Å². The number of carbonyl (C=O) groups is 1. The zero-order valence-electron chi connectivity index (χ0n) is 13.7. The van der Waals surface area contributed by atoms with Crippen LogP contribution < -0.4 is 15.6 Å². The maximum Gasteiger partial charge on any atom is 0.261 e. The molecule has 0 saturated heterocycles. The van der Waals surface area contributed by atoms with Gasteiger partial charge in [0.2, 0.25) is 5.91 Å². The Bertz CT molecular complexity index is 1010. The third-order valence-electron chi connectivity index (χ3n) is 3.80. The summed E-state index contributed by atoms with van der Waals surface area (Å²) in [5, 5.41) is 3.76. The van der Waals surface area contributed by atoms with Crippen molar-refractivity contribution in [2.45, 2.75) is 13.5 Å². The van der Waals surface area contributed by atoms with Crippen LogP contribution in [0, 0.1) is 6.92 Å². The van der Waals surface area contributed by atoms with Gasteiger partial charge in [0.15, 0.2) is 0 Å². The number of amides is 1. The first kappa shape index (κ1) is 17.0. The van der Waals surface area contributed by atoms with Gasteiger partial charge in [0.1, 0.15) is 12.3 Å². The first-order chi connectivity index (χ1) is 12.0. The van der Waals surface area contributed by atoms with Gasteiger partial charge in [0.25, 0.3) is 5.56 Å². The van der Waals surface area contributed by atoms with Gasteiger partial charge in [-0.05, 0) is 30.7 Å². The maximum atomic E-state index is 12.4. The fraction of sp³-hybridized carbons (Fsp3) is 0.167. The van der Waals surface area contributed by atoms with Crippen LogP contribution in [0.25, 0.3) is 10.9 Å². The van der Waals surface area contributed by atoms with Gasteiger partial charge in [0, 0.05) is 11.1 Å². The first-order valence-electron chi connectivity index (χ1n) is 7.58. The second-order valence-corrected chi connectivity index (χ2v) is 5.95. The van der Waals surface area contributed by atoms with Gasteiger partial charge in [-0.3, -0.25) is 14.2 Å². The Balaban J connectivity index is 1.85. The number of ether oxygens (including phenoxy) is 1. The molecule has 6 nitrogen and oxygen atoms in total. The smallest absolute Gasteiger partial charge is 0.261 e. The fourth-order valence-corrected chi connectivity index (χ4v) is 2.65. The molecule has 3 rings (SSSR count). The Kier molecular flexibility index (Phi) is 4.72. The van der Waals surface area contributed by atoms with E-state index in [1.807, 2.05) is 6.92 Å². The second-order valence-electron chi connectivity index (χ2n) is 5.54. The molecule has 1 amide bonds. The number of halogens is 1. The number of aromatic nitrogens is 2. The number of hydrogen-bond acceptors (Lipinski definition) is 4. The highest BCUT2D eigenvalue weighted by Crippen LogP contribution is 2.30. The zero-order valence-corrected chi connectivity index (χ0v) is 14.5. The monoisotopic (exact) mass is 357 g/mol. The average Bonchev–Trinajstić information content (AvgIpc) is 2.60. The second kappa shape index (κ2) is 6.94. The van der Waals surface area contributed by atoms with Crippen molar-refractivity contribution in [2.24, 2.45) is 0 Å². The SMILES string of the molecule is COc1cc(Cl)c(C)cc1NC(=O)Cn1cnc2ccccc2c1=O. The lowest BCUT2D eigenvalue weighted by atomic mass is 10.2. The summed E-state index contributed by atoms with van der Waals surface area (Å²) in [5.74, 6) is 0.0899. The van der Waals surface area contributed by atoms with Crippen LogP contribution in [0.4, 0.5) is 5.69 Å². The summed E-state index contributed by atoms with van der Waals surface area (Å²) in [6, 6.07) is 10.4. The highest BCUT2D eigenvalue weighted by Gasteiger charge is 2.12.